The summed E-state index contributed by atoms with van der Waals surface area (Å²) in [5.41, 5.74) is 7.13. The van der Waals surface area contributed by atoms with E-state index in [9.17, 15) is 8.42 Å². The van der Waals surface area contributed by atoms with Gasteiger partial charge in [-0.1, -0.05) is 6.07 Å². The monoisotopic (exact) mass is 240 g/mol. The summed E-state index contributed by atoms with van der Waals surface area (Å²) in [4.78, 5) is 0.376. The van der Waals surface area contributed by atoms with E-state index in [0.717, 1.165) is 5.56 Å². The second-order valence-electron chi connectivity index (χ2n) is 4.65. The largest absolute Gasteiger partial charge is 0.382 e. The van der Waals surface area contributed by atoms with Gasteiger partial charge in [0.05, 0.1) is 15.3 Å². The molecule has 0 aromatic heterocycles. The van der Waals surface area contributed by atoms with Crippen molar-refractivity contribution in [1.82, 2.24) is 0 Å². The molecule has 0 spiro atoms. The van der Waals surface area contributed by atoms with Gasteiger partial charge in [-0.05, 0) is 31.5 Å². The SMILES string of the molecule is CC1(C)CNc2cc(CN)ccc2S1(=O)=O. The lowest BCUT2D eigenvalue weighted by Crippen LogP contribution is -2.43. The van der Waals surface area contributed by atoms with Crippen LogP contribution in [0.3, 0.4) is 0 Å². The van der Waals surface area contributed by atoms with Crippen LogP contribution in [0.4, 0.5) is 5.69 Å². The molecule has 3 N–H and O–H groups in total. The predicted molar refractivity (Wildman–Crippen MR) is 64.1 cm³/mol. The molecule has 1 aromatic carbocycles. The van der Waals surface area contributed by atoms with E-state index in [1.807, 2.05) is 6.07 Å². The molecule has 1 aliphatic rings. The average Bonchev–Trinajstić information content (AvgIpc) is 2.24. The topological polar surface area (TPSA) is 72.2 Å². The van der Waals surface area contributed by atoms with Gasteiger partial charge in [0, 0.05) is 13.1 Å². The molecule has 0 saturated carbocycles. The van der Waals surface area contributed by atoms with Crippen molar-refractivity contribution in [2.45, 2.75) is 30.0 Å². The number of benzene rings is 1. The first-order chi connectivity index (χ1) is 7.38. The Hall–Kier alpha value is -1.07. The van der Waals surface area contributed by atoms with Gasteiger partial charge in [-0.2, -0.15) is 0 Å². The van der Waals surface area contributed by atoms with Crippen LogP contribution in [0.1, 0.15) is 19.4 Å². The molecule has 0 aliphatic carbocycles. The molecule has 1 aromatic rings. The van der Waals surface area contributed by atoms with Gasteiger partial charge >= 0.3 is 0 Å². The van der Waals surface area contributed by atoms with E-state index < -0.39 is 14.6 Å². The smallest absolute Gasteiger partial charge is 0.187 e. The summed E-state index contributed by atoms with van der Waals surface area (Å²) >= 11 is 0. The highest BCUT2D eigenvalue weighted by molar-refractivity contribution is 7.93. The molecule has 4 nitrogen and oxygen atoms in total. The molecule has 0 amide bonds. The van der Waals surface area contributed by atoms with Crippen molar-refractivity contribution in [3.63, 3.8) is 0 Å². The van der Waals surface area contributed by atoms with E-state index in [2.05, 4.69) is 5.32 Å². The van der Waals surface area contributed by atoms with Gasteiger partial charge in [-0.15, -0.1) is 0 Å². The number of hydrogen-bond donors (Lipinski definition) is 2. The maximum atomic E-state index is 12.3. The van der Waals surface area contributed by atoms with E-state index in [0.29, 0.717) is 23.7 Å². The average molecular weight is 240 g/mol. The van der Waals surface area contributed by atoms with Crippen molar-refractivity contribution in [2.24, 2.45) is 5.73 Å². The highest BCUT2D eigenvalue weighted by Crippen LogP contribution is 2.35. The van der Waals surface area contributed by atoms with Crippen molar-refractivity contribution in [2.75, 3.05) is 11.9 Å². The highest BCUT2D eigenvalue weighted by atomic mass is 32.2. The van der Waals surface area contributed by atoms with Crippen molar-refractivity contribution in [3.8, 4) is 0 Å². The minimum absolute atomic E-state index is 0.376. The van der Waals surface area contributed by atoms with Gasteiger partial charge in [0.1, 0.15) is 0 Å². The molecule has 2 rings (SSSR count). The van der Waals surface area contributed by atoms with Crippen LogP contribution in [0.25, 0.3) is 0 Å². The molecule has 88 valence electrons. The molecule has 0 saturated heterocycles. The zero-order valence-electron chi connectivity index (χ0n) is 9.45. The predicted octanol–water partition coefficient (Wildman–Crippen LogP) is 1.12. The third-order valence-electron chi connectivity index (χ3n) is 3.00. The van der Waals surface area contributed by atoms with Crippen LogP contribution >= 0.6 is 0 Å². The molecule has 16 heavy (non-hydrogen) atoms. The van der Waals surface area contributed by atoms with E-state index in [1.165, 1.54) is 0 Å². The zero-order valence-corrected chi connectivity index (χ0v) is 10.3. The quantitative estimate of drug-likeness (QED) is 0.771. The van der Waals surface area contributed by atoms with Crippen molar-refractivity contribution in [1.29, 1.82) is 0 Å². The normalized spacial score (nSPS) is 20.9. The van der Waals surface area contributed by atoms with Crippen LogP contribution in [-0.4, -0.2) is 19.7 Å². The number of hydrogen-bond acceptors (Lipinski definition) is 4. The van der Waals surface area contributed by atoms with Crippen molar-refractivity contribution >= 4 is 15.5 Å². The lowest BCUT2D eigenvalue weighted by atomic mass is 10.1. The minimum atomic E-state index is -3.25. The molecular weight excluding hydrogens is 224 g/mol. The summed E-state index contributed by atoms with van der Waals surface area (Å²) < 4.78 is 23.7. The number of sulfone groups is 1. The Balaban J connectivity index is 2.62. The van der Waals surface area contributed by atoms with Crippen LogP contribution in [0, 0.1) is 0 Å². The number of anilines is 1. The lowest BCUT2D eigenvalue weighted by molar-refractivity contribution is 0.548. The van der Waals surface area contributed by atoms with Crippen molar-refractivity contribution in [3.05, 3.63) is 23.8 Å². The fourth-order valence-corrected chi connectivity index (χ4v) is 3.30. The zero-order chi connectivity index (χ0) is 12.0. The number of fused-ring (bicyclic) bond motifs is 1. The Morgan fingerprint density at radius 3 is 2.75 bits per heavy atom. The summed E-state index contributed by atoms with van der Waals surface area (Å²) in [7, 11) is -3.25. The molecule has 0 radical (unpaired) electrons. The number of nitrogens with two attached hydrogens (primary N) is 1. The van der Waals surface area contributed by atoms with E-state index in [-0.39, 0.29) is 0 Å². The maximum absolute atomic E-state index is 12.3. The Morgan fingerprint density at radius 1 is 1.44 bits per heavy atom. The molecule has 0 fully saturated rings. The number of nitrogens with one attached hydrogen (secondary N) is 1. The molecular formula is C11H16N2O2S. The highest BCUT2D eigenvalue weighted by Gasteiger charge is 2.40. The van der Waals surface area contributed by atoms with Gasteiger partial charge in [0.2, 0.25) is 0 Å². The van der Waals surface area contributed by atoms with Crippen LogP contribution in [0.5, 0.6) is 0 Å². The second kappa shape index (κ2) is 3.46. The summed E-state index contributed by atoms with van der Waals surface area (Å²) in [6.07, 6.45) is 0. The second-order valence-corrected chi connectivity index (χ2v) is 7.20. The molecule has 1 aliphatic heterocycles. The fraction of sp³-hybridized carbons (Fsp3) is 0.455. The van der Waals surface area contributed by atoms with Gasteiger partial charge < -0.3 is 11.1 Å². The summed E-state index contributed by atoms with van der Waals surface area (Å²) in [5.74, 6) is 0. The third-order valence-corrected chi connectivity index (χ3v) is 5.54. The summed E-state index contributed by atoms with van der Waals surface area (Å²) in [6, 6.07) is 5.21. The van der Waals surface area contributed by atoms with Gasteiger partial charge in [0.15, 0.2) is 9.84 Å². The van der Waals surface area contributed by atoms with Crippen LogP contribution in [0.15, 0.2) is 23.1 Å². The maximum Gasteiger partial charge on any atom is 0.187 e. The Morgan fingerprint density at radius 2 is 2.12 bits per heavy atom. The molecule has 5 heteroatoms. The van der Waals surface area contributed by atoms with E-state index >= 15 is 0 Å². The van der Waals surface area contributed by atoms with Crippen LogP contribution in [-0.2, 0) is 16.4 Å². The number of rotatable bonds is 1. The molecule has 0 atom stereocenters. The van der Waals surface area contributed by atoms with E-state index in [4.69, 9.17) is 5.73 Å². The van der Waals surface area contributed by atoms with Gasteiger partial charge in [-0.3, -0.25) is 0 Å². The Labute approximate surface area is 95.8 Å². The molecule has 0 unspecified atom stereocenters. The van der Waals surface area contributed by atoms with Crippen molar-refractivity contribution < 1.29 is 8.42 Å². The third kappa shape index (κ3) is 1.51. The van der Waals surface area contributed by atoms with Crippen LogP contribution in [0.2, 0.25) is 0 Å². The van der Waals surface area contributed by atoms with Gasteiger partial charge in [0.25, 0.3) is 0 Å². The first-order valence-electron chi connectivity index (χ1n) is 5.20. The summed E-state index contributed by atoms with van der Waals surface area (Å²) in [6.45, 7) is 4.30. The molecule has 0 bridgehead atoms. The minimum Gasteiger partial charge on any atom is -0.382 e. The fourth-order valence-electron chi connectivity index (χ4n) is 1.78. The van der Waals surface area contributed by atoms with Crippen LogP contribution < -0.4 is 11.1 Å². The Kier molecular flexibility index (Phi) is 2.47. The van der Waals surface area contributed by atoms with E-state index in [1.54, 1.807) is 26.0 Å². The summed E-state index contributed by atoms with van der Waals surface area (Å²) in [5, 5.41) is 3.15. The van der Waals surface area contributed by atoms with Gasteiger partial charge in [-0.25, -0.2) is 8.42 Å². The Bertz CT molecular complexity index is 521. The standard InChI is InChI=1S/C11H16N2O2S/c1-11(2)7-13-9-5-8(6-12)3-4-10(9)16(11,14)15/h3-5,13H,6-7,12H2,1-2H3. The first-order valence-corrected chi connectivity index (χ1v) is 6.68. The lowest BCUT2D eigenvalue weighted by Gasteiger charge is -2.32. The molecule has 1 heterocycles. The first kappa shape index (κ1) is 11.4.